The SMILES string of the molecule is C=CCNC(=O)C(=O)N/N=C\c1ccccc1OCC(=O)Nc1ccc(Cl)cc1Cl. The van der Waals surface area contributed by atoms with Crippen LogP contribution in [-0.2, 0) is 14.4 Å². The van der Waals surface area contributed by atoms with Crippen molar-refractivity contribution in [2.24, 2.45) is 5.10 Å². The highest BCUT2D eigenvalue weighted by Crippen LogP contribution is 2.25. The Morgan fingerprint density at radius 2 is 1.87 bits per heavy atom. The van der Waals surface area contributed by atoms with Crippen molar-refractivity contribution in [1.82, 2.24) is 10.7 Å². The fraction of sp³-hybridized carbons (Fsp3) is 0.100. The van der Waals surface area contributed by atoms with Gasteiger partial charge in [-0.2, -0.15) is 5.10 Å². The Kier molecular flexibility index (Phi) is 8.86. The number of nitrogens with zero attached hydrogens (tertiary/aromatic N) is 1. The van der Waals surface area contributed by atoms with Gasteiger partial charge in [0.25, 0.3) is 5.91 Å². The standard InChI is InChI=1S/C20H18Cl2N4O4/c1-2-9-23-19(28)20(29)26-24-11-13-5-3-4-6-17(13)30-12-18(27)25-16-8-7-14(21)10-15(16)22/h2-8,10-11H,1,9,12H2,(H,23,28)(H,25,27)(H,26,29)/b24-11-. The van der Waals surface area contributed by atoms with E-state index in [0.29, 0.717) is 27.0 Å². The Morgan fingerprint density at radius 3 is 2.60 bits per heavy atom. The first kappa shape index (κ1) is 22.9. The molecule has 2 aromatic rings. The number of amides is 3. The predicted molar refractivity (Wildman–Crippen MR) is 116 cm³/mol. The summed E-state index contributed by atoms with van der Waals surface area (Å²) in [4.78, 5) is 35.2. The number of anilines is 1. The number of benzene rings is 2. The summed E-state index contributed by atoms with van der Waals surface area (Å²) in [5, 5.41) is 9.42. The summed E-state index contributed by atoms with van der Waals surface area (Å²) in [5.74, 6) is -1.85. The van der Waals surface area contributed by atoms with Crippen molar-refractivity contribution in [1.29, 1.82) is 0 Å². The summed E-state index contributed by atoms with van der Waals surface area (Å²) >= 11 is 11.9. The normalized spacial score (nSPS) is 10.3. The summed E-state index contributed by atoms with van der Waals surface area (Å²) < 4.78 is 5.52. The van der Waals surface area contributed by atoms with Crippen molar-refractivity contribution in [3.63, 3.8) is 0 Å². The van der Waals surface area contributed by atoms with E-state index in [-0.39, 0.29) is 13.2 Å². The van der Waals surface area contributed by atoms with Gasteiger partial charge in [0.1, 0.15) is 5.75 Å². The zero-order valence-corrected chi connectivity index (χ0v) is 17.2. The van der Waals surface area contributed by atoms with Crippen molar-refractivity contribution in [2.45, 2.75) is 0 Å². The van der Waals surface area contributed by atoms with Gasteiger partial charge in [-0.25, -0.2) is 5.43 Å². The molecule has 0 saturated carbocycles. The number of para-hydroxylation sites is 1. The van der Waals surface area contributed by atoms with Crippen LogP contribution in [0.1, 0.15) is 5.56 Å². The van der Waals surface area contributed by atoms with Gasteiger partial charge in [-0.3, -0.25) is 14.4 Å². The molecule has 3 N–H and O–H groups in total. The van der Waals surface area contributed by atoms with Crippen LogP contribution >= 0.6 is 23.2 Å². The first-order valence-corrected chi connectivity index (χ1v) is 9.35. The van der Waals surface area contributed by atoms with Crippen LogP contribution in [0.5, 0.6) is 5.75 Å². The van der Waals surface area contributed by atoms with E-state index < -0.39 is 17.7 Å². The molecule has 0 saturated heterocycles. The van der Waals surface area contributed by atoms with Crippen LogP contribution < -0.4 is 20.8 Å². The molecule has 30 heavy (non-hydrogen) atoms. The summed E-state index contributed by atoms with van der Waals surface area (Å²) in [7, 11) is 0. The molecule has 3 amide bonds. The van der Waals surface area contributed by atoms with Crippen molar-refractivity contribution in [3.05, 3.63) is 70.7 Å². The largest absolute Gasteiger partial charge is 0.483 e. The molecule has 0 radical (unpaired) electrons. The highest BCUT2D eigenvalue weighted by molar-refractivity contribution is 6.36. The van der Waals surface area contributed by atoms with Gasteiger partial charge in [-0.15, -0.1) is 6.58 Å². The lowest BCUT2D eigenvalue weighted by molar-refractivity contribution is -0.139. The number of nitrogens with one attached hydrogen (secondary N) is 3. The quantitative estimate of drug-likeness (QED) is 0.249. The highest BCUT2D eigenvalue weighted by Gasteiger charge is 2.11. The number of hydrazone groups is 1. The van der Waals surface area contributed by atoms with Crippen molar-refractivity contribution in [3.8, 4) is 5.75 Å². The third kappa shape index (κ3) is 7.23. The van der Waals surface area contributed by atoms with E-state index >= 15 is 0 Å². The number of carbonyl (C=O) groups is 3. The molecule has 10 heteroatoms. The molecule has 2 aromatic carbocycles. The van der Waals surface area contributed by atoms with E-state index in [1.54, 1.807) is 36.4 Å². The van der Waals surface area contributed by atoms with E-state index in [2.05, 4.69) is 27.7 Å². The van der Waals surface area contributed by atoms with Crippen molar-refractivity contribution < 1.29 is 19.1 Å². The van der Waals surface area contributed by atoms with Gasteiger partial charge in [0.05, 0.1) is 16.9 Å². The molecule has 2 rings (SSSR count). The molecule has 0 atom stereocenters. The summed E-state index contributed by atoms with van der Waals surface area (Å²) in [6, 6.07) is 11.4. The van der Waals surface area contributed by atoms with Crippen LogP contribution in [0, 0.1) is 0 Å². The molecular formula is C20H18Cl2N4O4. The third-order valence-corrected chi connectivity index (χ3v) is 4.01. The van der Waals surface area contributed by atoms with Crippen LogP contribution in [0.2, 0.25) is 10.0 Å². The number of rotatable bonds is 8. The zero-order valence-electron chi connectivity index (χ0n) is 15.7. The number of ether oxygens (including phenoxy) is 1. The monoisotopic (exact) mass is 448 g/mol. The molecule has 0 heterocycles. The van der Waals surface area contributed by atoms with E-state index in [1.165, 1.54) is 18.4 Å². The third-order valence-electron chi connectivity index (χ3n) is 3.47. The lowest BCUT2D eigenvalue weighted by Gasteiger charge is -2.10. The Labute approximate surface area is 182 Å². The highest BCUT2D eigenvalue weighted by atomic mass is 35.5. The number of halogens is 2. The topological polar surface area (TPSA) is 109 Å². The lowest BCUT2D eigenvalue weighted by Crippen LogP contribution is -2.37. The molecular weight excluding hydrogens is 431 g/mol. The van der Waals surface area contributed by atoms with Gasteiger partial charge >= 0.3 is 11.8 Å². The maximum absolute atomic E-state index is 12.1. The van der Waals surface area contributed by atoms with Gasteiger partial charge in [0, 0.05) is 17.1 Å². The fourth-order valence-electron chi connectivity index (χ4n) is 2.10. The molecule has 8 nitrogen and oxygen atoms in total. The van der Waals surface area contributed by atoms with E-state index in [0.717, 1.165) is 0 Å². The van der Waals surface area contributed by atoms with Gasteiger partial charge in [-0.05, 0) is 30.3 Å². The molecule has 0 spiro atoms. The average molecular weight is 449 g/mol. The Morgan fingerprint density at radius 1 is 1.10 bits per heavy atom. The number of hydrogen-bond acceptors (Lipinski definition) is 5. The fourth-order valence-corrected chi connectivity index (χ4v) is 2.55. The molecule has 0 aliphatic carbocycles. The van der Waals surface area contributed by atoms with Gasteiger partial charge < -0.3 is 15.4 Å². The number of hydrogen-bond donors (Lipinski definition) is 3. The minimum atomic E-state index is -0.925. The van der Waals surface area contributed by atoms with E-state index in [4.69, 9.17) is 27.9 Å². The smallest absolute Gasteiger partial charge is 0.329 e. The van der Waals surface area contributed by atoms with Crippen molar-refractivity contribution >= 4 is 52.8 Å². The van der Waals surface area contributed by atoms with Gasteiger partial charge in [0.2, 0.25) is 0 Å². The van der Waals surface area contributed by atoms with Crippen LogP contribution in [0.25, 0.3) is 0 Å². The summed E-state index contributed by atoms with van der Waals surface area (Å²) in [6.07, 6.45) is 2.74. The van der Waals surface area contributed by atoms with Gasteiger partial charge in [-0.1, -0.05) is 41.4 Å². The molecule has 0 aliphatic heterocycles. The minimum Gasteiger partial charge on any atom is -0.483 e. The molecule has 0 aliphatic rings. The van der Waals surface area contributed by atoms with E-state index in [1.807, 2.05) is 0 Å². The molecule has 156 valence electrons. The predicted octanol–water partition coefficient (Wildman–Crippen LogP) is 2.76. The van der Waals surface area contributed by atoms with Gasteiger partial charge in [0.15, 0.2) is 6.61 Å². The second kappa shape index (κ2) is 11.6. The first-order chi connectivity index (χ1) is 14.4. The first-order valence-electron chi connectivity index (χ1n) is 8.59. The second-order valence-corrected chi connectivity index (χ2v) is 6.54. The minimum absolute atomic E-state index is 0.163. The summed E-state index contributed by atoms with van der Waals surface area (Å²) in [6.45, 7) is 3.31. The van der Waals surface area contributed by atoms with Crippen LogP contribution in [-0.4, -0.2) is 37.1 Å². The average Bonchev–Trinajstić information content (AvgIpc) is 2.73. The molecule has 0 bridgehead atoms. The van der Waals surface area contributed by atoms with Crippen LogP contribution in [0.4, 0.5) is 5.69 Å². The zero-order chi connectivity index (χ0) is 21.9. The molecule has 0 fully saturated rings. The second-order valence-electron chi connectivity index (χ2n) is 5.70. The maximum Gasteiger partial charge on any atom is 0.329 e. The Balaban J connectivity index is 1.93. The van der Waals surface area contributed by atoms with Crippen LogP contribution in [0.15, 0.2) is 60.2 Å². The molecule has 0 aromatic heterocycles. The van der Waals surface area contributed by atoms with Crippen molar-refractivity contribution in [2.75, 3.05) is 18.5 Å². The Hall–Kier alpha value is -3.36. The summed E-state index contributed by atoms with van der Waals surface area (Å²) in [5.41, 5.74) is 2.99. The van der Waals surface area contributed by atoms with E-state index in [9.17, 15) is 14.4 Å². The van der Waals surface area contributed by atoms with Crippen LogP contribution in [0.3, 0.4) is 0 Å². The maximum atomic E-state index is 12.1. The lowest BCUT2D eigenvalue weighted by atomic mass is 10.2. The molecule has 0 unspecified atom stereocenters. The Bertz CT molecular complexity index is 979. The number of carbonyl (C=O) groups excluding carboxylic acids is 3.